The second-order valence-corrected chi connectivity index (χ2v) is 3.25. The summed E-state index contributed by atoms with van der Waals surface area (Å²) in [6, 6.07) is 0. The highest BCUT2D eigenvalue weighted by Gasteiger charge is 1.99. The van der Waals surface area contributed by atoms with Crippen molar-refractivity contribution in [2.24, 2.45) is 5.92 Å². The molecule has 0 aliphatic rings. The zero-order valence-corrected chi connectivity index (χ0v) is 8.72. The molecule has 0 N–H and O–H groups in total. The van der Waals surface area contributed by atoms with Gasteiger partial charge in [0.05, 0.1) is 0 Å². The molecule has 0 nitrogen and oxygen atoms in total. The third-order valence-electron chi connectivity index (χ3n) is 2.01. The van der Waals surface area contributed by atoms with Crippen LogP contribution in [0.25, 0.3) is 0 Å². The topological polar surface area (TPSA) is 0 Å². The van der Waals surface area contributed by atoms with Gasteiger partial charge in [-0.3, -0.25) is 0 Å². The lowest BCUT2D eigenvalue weighted by molar-refractivity contribution is 0.530. The van der Waals surface area contributed by atoms with E-state index in [0.717, 1.165) is 5.92 Å². The average molecular weight is 166 g/mol. The summed E-state index contributed by atoms with van der Waals surface area (Å²) in [7, 11) is 0. The maximum atomic E-state index is 2.34. The Morgan fingerprint density at radius 1 is 1.00 bits per heavy atom. The number of hydrogen-bond donors (Lipinski definition) is 0. The molecular weight excluding hydrogens is 144 g/mol. The minimum atomic E-state index is 0.802. The van der Waals surface area contributed by atoms with Crippen LogP contribution < -0.4 is 0 Å². The Bertz CT molecular complexity index is 125. The van der Waals surface area contributed by atoms with Crippen LogP contribution in [0.15, 0.2) is 24.3 Å². The van der Waals surface area contributed by atoms with Crippen LogP contribution in [0.2, 0.25) is 0 Å². The van der Waals surface area contributed by atoms with Crippen molar-refractivity contribution >= 4 is 0 Å². The average Bonchev–Trinajstić information content (AvgIpc) is 2.06. The summed E-state index contributed by atoms with van der Waals surface area (Å²) in [6.45, 7) is 6.57. The van der Waals surface area contributed by atoms with Gasteiger partial charge in [0, 0.05) is 0 Å². The van der Waals surface area contributed by atoms with E-state index in [1.807, 2.05) is 0 Å². The molecule has 0 unspecified atom stereocenters. The quantitative estimate of drug-likeness (QED) is 0.515. The minimum absolute atomic E-state index is 0.802. The van der Waals surface area contributed by atoms with Crippen molar-refractivity contribution in [1.29, 1.82) is 0 Å². The molecule has 0 amide bonds. The summed E-state index contributed by atoms with van der Waals surface area (Å²) in [5.74, 6) is 0.802. The fourth-order valence-corrected chi connectivity index (χ4v) is 1.41. The van der Waals surface area contributed by atoms with Gasteiger partial charge in [-0.2, -0.15) is 0 Å². The Hall–Kier alpha value is -0.520. The van der Waals surface area contributed by atoms with Gasteiger partial charge in [0.1, 0.15) is 0 Å². The summed E-state index contributed by atoms with van der Waals surface area (Å²) in [4.78, 5) is 0. The van der Waals surface area contributed by atoms with Crippen LogP contribution in [0, 0.1) is 5.92 Å². The maximum Gasteiger partial charge on any atom is -0.0231 e. The third-order valence-corrected chi connectivity index (χ3v) is 2.01. The van der Waals surface area contributed by atoms with Gasteiger partial charge in [0.2, 0.25) is 0 Å². The molecular formula is C12H22. The zero-order chi connectivity index (χ0) is 9.23. The summed E-state index contributed by atoms with van der Waals surface area (Å²) in [5, 5.41) is 0. The van der Waals surface area contributed by atoms with Crippen LogP contribution in [0.5, 0.6) is 0 Å². The van der Waals surface area contributed by atoms with Crippen molar-refractivity contribution in [2.75, 3.05) is 0 Å². The predicted molar refractivity (Wildman–Crippen MR) is 57.3 cm³/mol. The molecule has 0 heteroatoms. The lowest BCUT2D eigenvalue weighted by atomic mass is 9.98. The molecule has 0 heterocycles. The van der Waals surface area contributed by atoms with E-state index in [4.69, 9.17) is 0 Å². The van der Waals surface area contributed by atoms with E-state index in [0.29, 0.717) is 0 Å². The third kappa shape index (κ3) is 6.21. The molecule has 0 atom stereocenters. The fourth-order valence-electron chi connectivity index (χ4n) is 1.41. The first-order valence-electron chi connectivity index (χ1n) is 5.14. The molecule has 70 valence electrons. The first kappa shape index (κ1) is 11.5. The molecule has 0 radical (unpaired) electrons. The number of rotatable bonds is 6. The molecule has 0 fully saturated rings. The second kappa shape index (κ2) is 8.58. The lowest BCUT2D eigenvalue weighted by Gasteiger charge is -2.08. The fraction of sp³-hybridized carbons (Fsp3) is 0.667. The molecule has 0 saturated heterocycles. The van der Waals surface area contributed by atoms with Crippen LogP contribution in [0.1, 0.15) is 46.5 Å². The highest BCUT2D eigenvalue weighted by molar-refractivity contribution is 5.03. The van der Waals surface area contributed by atoms with Crippen molar-refractivity contribution < 1.29 is 0 Å². The monoisotopic (exact) mass is 166 g/mol. The molecule has 0 spiro atoms. The molecule has 0 aromatic heterocycles. The van der Waals surface area contributed by atoms with Gasteiger partial charge >= 0.3 is 0 Å². The number of hydrogen-bond acceptors (Lipinski definition) is 0. The Kier molecular flexibility index (Phi) is 8.20. The molecule has 0 aliphatic carbocycles. The first-order chi connectivity index (χ1) is 5.85. The smallest absolute Gasteiger partial charge is 0.0231 e. The van der Waals surface area contributed by atoms with Crippen molar-refractivity contribution in [3.05, 3.63) is 24.3 Å². The molecule has 0 saturated carbocycles. The molecule has 0 bridgehead atoms. The van der Waals surface area contributed by atoms with Gasteiger partial charge in [-0.25, -0.2) is 0 Å². The maximum absolute atomic E-state index is 2.34. The van der Waals surface area contributed by atoms with E-state index < -0.39 is 0 Å². The van der Waals surface area contributed by atoms with Crippen LogP contribution in [0.4, 0.5) is 0 Å². The van der Waals surface area contributed by atoms with Crippen molar-refractivity contribution in [3.8, 4) is 0 Å². The van der Waals surface area contributed by atoms with Crippen LogP contribution in [0.3, 0.4) is 0 Å². The van der Waals surface area contributed by atoms with Crippen LogP contribution >= 0.6 is 0 Å². The summed E-state index contributed by atoms with van der Waals surface area (Å²) in [5.41, 5.74) is 0. The van der Waals surface area contributed by atoms with Gasteiger partial charge in [-0.1, -0.05) is 51.0 Å². The van der Waals surface area contributed by atoms with Gasteiger partial charge < -0.3 is 0 Å². The van der Waals surface area contributed by atoms with Gasteiger partial charge in [-0.05, 0) is 25.7 Å². The first-order valence-corrected chi connectivity index (χ1v) is 5.14. The van der Waals surface area contributed by atoms with Crippen LogP contribution in [-0.4, -0.2) is 0 Å². The van der Waals surface area contributed by atoms with E-state index >= 15 is 0 Å². The normalized spacial score (nSPS) is 12.3. The van der Waals surface area contributed by atoms with Crippen molar-refractivity contribution in [1.82, 2.24) is 0 Å². The minimum Gasteiger partial charge on any atom is -0.0877 e. The lowest BCUT2D eigenvalue weighted by Crippen LogP contribution is -1.94. The second-order valence-electron chi connectivity index (χ2n) is 3.25. The predicted octanol–water partition coefficient (Wildman–Crippen LogP) is 4.34. The van der Waals surface area contributed by atoms with Crippen molar-refractivity contribution in [3.63, 3.8) is 0 Å². The van der Waals surface area contributed by atoms with E-state index in [2.05, 4.69) is 45.1 Å². The van der Waals surface area contributed by atoms with E-state index in [-0.39, 0.29) is 0 Å². The van der Waals surface area contributed by atoms with E-state index in [1.165, 1.54) is 25.7 Å². The molecule has 0 aromatic rings. The Labute approximate surface area is 77.4 Å². The standard InChI is InChI=1S/C12H22/c1-4-7-8-11-12(9-5-2)10-6-3/h4,7-8,11-12H,5-6,9-10H2,1-3H3. The largest absolute Gasteiger partial charge is 0.0877 e. The van der Waals surface area contributed by atoms with Crippen molar-refractivity contribution in [2.45, 2.75) is 46.5 Å². The molecule has 12 heavy (non-hydrogen) atoms. The van der Waals surface area contributed by atoms with E-state index in [1.54, 1.807) is 0 Å². The molecule has 0 aliphatic heterocycles. The Balaban J connectivity index is 3.75. The van der Waals surface area contributed by atoms with Gasteiger partial charge in [-0.15, -0.1) is 0 Å². The highest BCUT2D eigenvalue weighted by Crippen LogP contribution is 2.14. The van der Waals surface area contributed by atoms with Gasteiger partial charge in [0.25, 0.3) is 0 Å². The van der Waals surface area contributed by atoms with E-state index in [9.17, 15) is 0 Å². The molecule has 0 rings (SSSR count). The highest BCUT2D eigenvalue weighted by atomic mass is 14.1. The summed E-state index contributed by atoms with van der Waals surface area (Å²) >= 11 is 0. The zero-order valence-electron chi connectivity index (χ0n) is 8.72. The van der Waals surface area contributed by atoms with Gasteiger partial charge in [0.15, 0.2) is 0 Å². The summed E-state index contributed by atoms with van der Waals surface area (Å²) in [6.07, 6.45) is 14.0. The van der Waals surface area contributed by atoms with Crippen LogP contribution in [-0.2, 0) is 0 Å². The Morgan fingerprint density at radius 2 is 1.58 bits per heavy atom. The molecule has 0 aromatic carbocycles. The number of allylic oxidation sites excluding steroid dienone is 4. The Morgan fingerprint density at radius 3 is 2.00 bits per heavy atom. The summed E-state index contributed by atoms with van der Waals surface area (Å²) < 4.78 is 0. The SMILES string of the molecule is CC=CC=CC(CCC)CCC.